The van der Waals surface area contributed by atoms with Crippen molar-refractivity contribution in [3.63, 3.8) is 0 Å². The number of nitrogens with two attached hydrogens (primary N) is 1. The molecular weight excluding hydrogens is 260 g/mol. The molecule has 1 saturated carbocycles. The Kier molecular flexibility index (Phi) is 4.74. The average molecular weight is 282 g/mol. The Labute approximate surface area is 118 Å². The molecule has 6 heteroatoms. The van der Waals surface area contributed by atoms with E-state index in [4.69, 9.17) is 10.5 Å². The summed E-state index contributed by atoms with van der Waals surface area (Å²) in [6.07, 6.45) is 8.71. The summed E-state index contributed by atoms with van der Waals surface area (Å²) < 4.78 is 5.43. The van der Waals surface area contributed by atoms with Gasteiger partial charge in [0, 0.05) is 17.4 Å². The quantitative estimate of drug-likeness (QED) is 0.864. The van der Waals surface area contributed by atoms with Crippen LogP contribution in [0.1, 0.15) is 32.1 Å². The van der Waals surface area contributed by atoms with Crippen LogP contribution >= 0.6 is 11.8 Å². The molecule has 0 unspecified atom stereocenters. The third kappa shape index (κ3) is 3.65. The molecule has 2 rings (SSSR count). The van der Waals surface area contributed by atoms with E-state index in [0.29, 0.717) is 10.6 Å². The molecule has 3 N–H and O–H groups in total. The number of thioether (sulfide) groups is 1. The van der Waals surface area contributed by atoms with Crippen LogP contribution in [-0.2, 0) is 0 Å². The van der Waals surface area contributed by atoms with Crippen molar-refractivity contribution < 1.29 is 4.74 Å². The lowest BCUT2D eigenvalue weighted by atomic mass is 9.88. The molecule has 0 amide bonds. The predicted molar refractivity (Wildman–Crippen MR) is 80.8 cm³/mol. The summed E-state index contributed by atoms with van der Waals surface area (Å²) in [6, 6.07) is 1.78. The Morgan fingerprint density at radius 1 is 1.37 bits per heavy atom. The van der Waals surface area contributed by atoms with Gasteiger partial charge >= 0.3 is 0 Å². The largest absolute Gasteiger partial charge is 0.481 e. The standard InChI is InChI=1S/C13H22N4OS/c1-18-11-8-10(16-12(14)17-11)15-9-13(19-2)6-4-3-5-7-13/h8H,3-7,9H2,1-2H3,(H3,14,15,16,17). The number of nitrogen functional groups attached to an aromatic ring is 1. The molecule has 0 radical (unpaired) electrons. The zero-order valence-corrected chi connectivity index (χ0v) is 12.4. The van der Waals surface area contributed by atoms with Crippen LogP contribution in [0.15, 0.2) is 6.07 Å². The first-order valence-electron chi connectivity index (χ1n) is 6.65. The summed E-state index contributed by atoms with van der Waals surface area (Å²) in [5, 5.41) is 3.39. The first-order chi connectivity index (χ1) is 9.17. The van der Waals surface area contributed by atoms with Crippen molar-refractivity contribution in [3.8, 4) is 5.88 Å². The third-order valence-electron chi connectivity index (χ3n) is 3.72. The minimum atomic E-state index is 0.240. The lowest BCUT2D eigenvalue weighted by Gasteiger charge is -2.36. The highest BCUT2D eigenvalue weighted by atomic mass is 32.2. The number of nitrogens with zero attached hydrogens (tertiary/aromatic N) is 2. The van der Waals surface area contributed by atoms with Crippen LogP contribution < -0.4 is 15.8 Å². The Hall–Kier alpha value is -1.17. The van der Waals surface area contributed by atoms with E-state index in [2.05, 4.69) is 21.5 Å². The van der Waals surface area contributed by atoms with Gasteiger partial charge in [-0.2, -0.15) is 21.7 Å². The van der Waals surface area contributed by atoms with Gasteiger partial charge in [-0.15, -0.1) is 0 Å². The number of hydrogen-bond donors (Lipinski definition) is 2. The number of ether oxygens (including phenoxy) is 1. The van der Waals surface area contributed by atoms with Crippen LogP contribution in [0.5, 0.6) is 5.88 Å². The first-order valence-corrected chi connectivity index (χ1v) is 7.87. The molecule has 1 aromatic rings. The van der Waals surface area contributed by atoms with Gasteiger partial charge in [0.2, 0.25) is 11.8 Å². The van der Waals surface area contributed by atoms with E-state index in [1.807, 2.05) is 11.8 Å². The molecule has 1 heterocycles. The number of hydrogen-bond acceptors (Lipinski definition) is 6. The molecule has 0 saturated heterocycles. The normalized spacial score (nSPS) is 18.0. The van der Waals surface area contributed by atoms with Gasteiger partial charge in [0.1, 0.15) is 5.82 Å². The van der Waals surface area contributed by atoms with Crippen LogP contribution in [0, 0.1) is 0 Å². The van der Waals surface area contributed by atoms with Crippen molar-refractivity contribution in [1.29, 1.82) is 0 Å². The molecule has 0 bridgehead atoms. The van der Waals surface area contributed by atoms with Crippen LogP contribution in [0.4, 0.5) is 11.8 Å². The summed E-state index contributed by atoms with van der Waals surface area (Å²) in [6.45, 7) is 0.910. The van der Waals surface area contributed by atoms with Gasteiger partial charge in [-0.25, -0.2) is 0 Å². The lowest BCUT2D eigenvalue weighted by molar-refractivity contribution is 0.397. The van der Waals surface area contributed by atoms with Crippen LogP contribution in [0.3, 0.4) is 0 Å². The van der Waals surface area contributed by atoms with E-state index in [-0.39, 0.29) is 5.95 Å². The Balaban J connectivity index is 2.02. The minimum absolute atomic E-state index is 0.240. The second-order valence-corrected chi connectivity index (χ2v) is 6.23. The summed E-state index contributed by atoms with van der Waals surface area (Å²) in [5.74, 6) is 1.48. The highest BCUT2D eigenvalue weighted by Gasteiger charge is 2.30. The zero-order valence-electron chi connectivity index (χ0n) is 11.6. The molecule has 0 atom stereocenters. The highest BCUT2D eigenvalue weighted by molar-refractivity contribution is 8.00. The molecule has 1 fully saturated rings. The number of methoxy groups -OCH3 is 1. The van der Waals surface area contributed by atoms with Crippen molar-refractivity contribution >= 4 is 23.5 Å². The molecule has 5 nitrogen and oxygen atoms in total. The summed E-state index contributed by atoms with van der Waals surface area (Å²) in [5.41, 5.74) is 5.66. The van der Waals surface area contributed by atoms with E-state index < -0.39 is 0 Å². The first kappa shape index (κ1) is 14.2. The van der Waals surface area contributed by atoms with E-state index >= 15 is 0 Å². The van der Waals surface area contributed by atoms with Crippen molar-refractivity contribution in [2.45, 2.75) is 36.9 Å². The molecule has 0 aromatic carbocycles. The van der Waals surface area contributed by atoms with Crippen molar-refractivity contribution in [2.24, 2.45) is 0 Å². The van der Waals surface area contributed by atoms with Crippen molar-refractivity contribution in [3.05, 3.63) is 6.07 Å². The van der Waals surface area contributed by atoms with Gasteiger partial charge in [0.15, 0.2) is 0 Å². The Morgan fingerprint density at radius 3 is 2.74 bits per heavy atom. The maximum absolute atomic E-state index is 5.66. The topological polar surface area (TPSA) is 73.1 Å². The molecule has 19 heavy (non-hydrogen) atoms. The minimum Gasteiger partial charge on any atom is -0.481 e. The van der Waals surface area contributed by atoms with Crippen molar-refractivity contribution in [2.75, 3.05) is 31.0 Å². The van der Waals surface area contributed by atoms with Crippen LogP contribution in [0.2, 0.25) is 0 Å². The SMILES string of the molecule is COc1cc(NCC2(SC)CCCCC2)nc(N)n1. The molecule has 0 aliphatic heterocycles. The van der Waals surface area contributed by atoms with Gasteiger partial charge < -0.3 is 15.8 Å². The summed E-state index contributed by atoms with van der Waals surface area (Å²) >= 11 is 1.96. The molecule has 1 aromatic heterocycles. The van der Waals surface area contributed by atoms with Gasteiger partial charge in [-0.3, -0.25) is 0 Å². The second kappa shape index (κ2) is 6.32. The van der Waals surface area contributed by atoms with E-state index in [9.17, 15) is 0 Å². The fraction of sp³-hybridized carbons (Fsp3) is 0.692. The smallest absolute Gasteiger partial charge is 0.225 e. The molecule has 106 valence electrons. The van der Waals surface area contributed by atoms with Crippen LogP contribution in [-0.4, -0.2) is 34.6 Å². The van der Waals surface area contributed by atoms with Gasteiger partial charge in [-0.1, -0.05) is 19.3 Å². The van der Waals surface area contributed by atoms with Gasteiger partial charge in [-0.05, 0) is 19.1 Å². The second-order valence-electron chi connectivity index (χ2n) is 4.96. The Bertz CT molecular complexity index is 421. The monoisotopic (exact) mass is 282 g/mol. The number of rotatable bonds is 5. The zero-order chi connectivity index (χ0) is 13.7. The molecular formula is C13H22N4OS. The highest BCUT2D eigenvalue weighted by Crippen LogP contribution is 2.38. The molecule has 1 aliphatic rings. The van der Waals surface area contributed by atoms with Gasteiger partial charge in [0.25, 0.3) is 0 Å². The lowest BCUT2D eigenvalue weighted by Crippen LogP contribution is -2.35. The maximum atomic E-state index is 5.66. The fourth-order valence-electron chi connectivity index (χ4n) is 2.54. The number of anilines is 2. The predicted octanol–water partition coefficient (Wildman–Crippen LogP) is 2.55. The third-order valence-corrected chi connectivity index (χ3v) is 5.14. The maximum Gasteiger partial charge on any atom is 0.225 e. The molecule has 1 aliphatic carbocycles. The fourth-order valence-corrected chi connectivity index (χ4v) is 3.45. The van der Waals surface area contributed by atoms with Crippen LogP contribution in [0.25, 0.3) is 0 Å². The molecule has 0 spiro atoms. The number of nitrogens with one attached hydrogen (secondary N) is 1. The van der Waals surface area contributed by atoms with E-state index in [1.54, 1.807) is 13.2 Å². The van der Waals surface area contributed by atoms with E-state index in [0.717, 1.165) is 12.4 Å². The van der Waals surface area contributed by atoms with Gasteiger partial charge in [0.05, 0.1) is 7.11 Å². The Morgan fingerprint density at radius 2 is 2.11 bits per heavy atom. The average Bonchev–Trinajstić information content (AvgIpc) is 2.45. The number of aromatic nitrogens is 2. The van der Waals surface area contributed by atoms with E-state index in [1.165, 1.54) is 32.1 Å². The van der Waals surface area contributed by atoms with Crippen molar-refractivity contribution in [1.82, 2.24) is 9.97 Å². The summed E-state index contributed by atoms with van der Waals surface area (Å²) in [7, 11) is 1.58. The summed E-state index contributed by atoms with van der Waals surface area (Å²) in [4.78, 5) is 8.18.